The van der Waals surface area contributed by atoms with Crippen molar-refractivity contribution in [2.24, 2.45) is 5.92 Å². The lowest BCUT2D eigenvalue weighted by atomic mass is 9.95. The third-order valence-corrected chi connectivity index (χ3v) is 6.59. The summed E-state index contributed by atoms with van der Waals surface area (Å²) in [5.74, 6) is -3.99. The van der Waals surface area contributed by atoms with Crippen LogP contribution >= 0.6 is 0 Å². The summed E-state index contributed by atoms with van der Waals surface area (Å²) in [5, 5.41) is 37.8. The molecule has 2 aromatic carbocycles. The zero-order valence-corrected chi connectivity index (χ0v) is 22.5. The number of hydrogen-bond donors (Lipinski definition) is 4. The highest BCUT2D eigenvalue weighted by molar-refractivity contribution is 5.88. The molecule has 11 nitrogen and oxygen atoms in total. The van der Waals surface area contributed by atoms with Gasteiger partial charge in [0.25, 0.3) is 0 Å². The quantitative estimate of drug-likeness (QED) is 0.251. The Morgan fingerprint density at radius 2 is 1.54 bits per heavy atom. The van der Waals surface area contributed by atoms with E-state index in [1.165, 1.54) is 17.7 Å². The number of aliphatic carboxylic acids is 3. The van der Waals surface area contributed by atoms with Crippen molar-refractivity contribution < 1.29 is 48.5 Å². The van der Waals surface area contributed by atoms with E-state index in [-0.39, 0.29) is 11.9 Å². The fraction of sp³-hybridized carbons (Fsp3) is 0.379. The first kappa shape index (κ1) is 31.4. The van der Waals surface area contributed by atoms with Crippen molar-refractivity contribution >= 4 is 17.9 Å². The second-order valence-electron chi connectivity index (χ2n) is 10.00. The molecule has 220 valence electrons. The number of aromatic nitrogens is 1. The normalized spacial score (nSPS) is 16.7. The van der Waals surface area contributed by atoms with Gasteiger partial charge in [0, 0.05) is 37.5 Å². The topological polar surface area (TPSA) is 171 Å². The minimum absolute atomic E-state index is 0.207. The van der Waals surface area contributed by atoms with Crippen molar-refractivity contribution in [3.05, 3.63) is 89.1 Å². The largest absolute Gasteiger partial charge is 0.481 e. The molecule has 4 N–H and O–H groups in total. The van der Waals surface area contributed by atoms with Gasteiger partial charge in [-0.2, -0.15) is 0 Å². The number of carbonyl (C=O) groups is 3. The van der Waals surface area contributed by atoms with Crippen LogP contribution in [0.15, 0.2) is 65.2 Å². The van der Waals surface area contributed by atoms with E-state index >= 15 is 0 Å². The molecule has 0 spiro atoms. The van der Waals surface area contributed by atoms with Crippen molar-refractivity contribution in [1.29, 1.82) is 0 Å². The summed E-state index contributed by atoms with van der Waals surface area (Å²) in [6.07, 6.45) is -1.48. The van der Waals surface area contributed by atoms with Gasteiger partial charge >= 0.3 is 17.9 Å². The maximum Gasteiger partial charge on any atom is 0.336 e. The van der Waals surface area contributed by atoms with Gasteiger partial charge in [-0.05, 0) is 30.2 Å². The van der Waals surface area contributed by atoms with Crippen LogP contribution in [0.4, 0.5) is 4.39 Å². The van der Waals surface area contributed by atoms with Gasteiger partial charge in [0.1, 0.15) is 11.6 Å². The summed E-state index contributed by atoms with van der Waals surface area (Å²) >= 11 is 0. The third kappa shape index (κ3) is 9.78. The average molecular weight is 573 g/mol. The molecular weight excluding hydrogens is 539 g/mol. The molecule has 1 fully saturated rings. The monoisotopic (exact) mass is 572 g/mol. The van der Waals surface area contributed by atoms with Crippen LogP contribution in [0.5, 0.6) is 0 Å². The summed E-state index contributed by atoms with van der Waals surface area (Å²) in [6.45, 7) is 4.89. The van der Waals surface area contributed by atoms with Gasteiger partial charge in [0.2, 0.25) is 0 Å². The van der Waals surface area contributed by atoms with Crippen molar-refractivity contribution in [1.82, 2.24) is 10.1 Å². The summed E-state index contributed by atoms with van der Waals surface area (Å²) in [4.78, 5) is 32.9. The second kappa shape index (κ2) is 14.5. The van der Waals surface area contributed by atoms with Crippen molar-refractivity contribution in [2.75, 3.05) is 13.2 Å². The highest BCUT2D eigenvalue weighted by atomic mass is 19.1. The lowest BCUT2D eigenvalue weighted by Crippen LogP contribution is -2.42. The van der Waals surface area contributed by atoms with E-state index in [2.05, 4.69) is 34.3 Å². The molecule has 12 heteroatoms. The fourth-order valence-electron chi connectivity index (χ4n) is 4.60. The number of aliphatic hydroxyl groups is 1. The van der Waals surface area contributed by atoms with Crippen LogP contribution in [0.2, 0.25) is 0 Å². The molecule has 0 bridgehead atoms. The molecule has 1 aliphatic heterocycles. The molecule has 2 atom stereocenters. The van der Waals surface area contributed by atoms with Gasteiger partial charge in [0.05, 0.1) is 31.7 Å². The molecule has 3 aromatic rings. The zero-order chi connectivity index (χ0) is 30.0. The summed E-state index contributed by atoms with van der Waals surface area (Å²) < 4.78 is 24.6. The van der Waals surface area contributed by atoms with Crippen LogP contribution in [0, 0.1) is 18.7 Å². The molecule has 0 radical (unpaired) electrons. The third-order valence-electron chi connectivity index (χ3n) is 6.59. The van der Waals surface area contributed by atoms with Crippen molar-refractivity contribution in [3.8, 4) is 0 Å². The Kier molecular flexibility index (Phi) is 11.1. The number of carboxylic acids is 3. The smallest absolute Gasteiger partial charge is 0.336 e. The Labute approximate surface area is 235 Å². The first-order valence-electron chi connectivity index (χ1n) is 12.9. The van der Waals surface area contributed by atoms with Gasteiger partial charge in [-0.25, -0.2) is 9.18 Å². The number of halogens is 1. The number of nitrogens with zero attached hydrogens (tertiary/aromatic N) is 2. The van der Waals surface area contributed by atoms with Gasteiger partial charge < -0.3 is 29.7 Å². The fourth-order valence-corrected chi connectivity index (χ4v) is 4.60. The maximum atomic E-state index is 13.3. The summed E-state index contributed by atoms with van der Waals surface area (Å²) in [5.41, 5.74) is 0.514. The van der Waals surface area contributed by atoms with Gasteiger partial charge in [-0.15, -0.1) is 0 Å². The molecule has 1 aliphatic rings. The summed E-state index contributed by atoms with van der Waals surface area (Å²) in [7, 11) is 0. The van der Waals surface area contributed by atoms with Crippen LogP contribution < -0.4 is 0 Å². The molecule has 0 amide bonds. The molecule has 0 unspecified atom stereocenters. The number of rotatable bonds is 12. The first-order valence-corrected chi connectivity index (χ1v) is 12.9. The van der Waals surface area contributed by atoms with Crippen LogP contribution in [-0.4, -0.2) is 73.2 Å². The number of aryl methyl sites for hydroxylation is 1. The van der Waals surface area contributed by atoms with E-state index < -0.39 is 36.4 Å². The van der Waals surface area contributed by atoms with E-state index in [0.717, 1.165) is 36.5 Å². The Hall–Kier alpha value is -4.13. The molecule has 4 rings (SSSR count). The minimum Gasteiger partial charge on any atom is -0.481 e. The van der Waals surface area contributed by atoms with E-state index in [1.807, 2.05) is 31.2 Å². The van der Waals surface area contributed by atoms with Crippen molar-refractivity contribution in [2.45, 2.75) is 50.9 Å². The Morgan fingerprint density at radius 1 is 0.951 bits per heavy atom. The number of benzene rings is 2. The summed E-state index contributed by atoms with van der Waals surface area (Å²) in [6, 6.07) is 19.5. The Morgan fingerprint density at radius 3 is 2.05 bits per heavy atom. The van der Waals surface area contributed by atoms with Gasteiger partial charge in [-0.3, -0.25) is 14.5 Å². The predicted octanol–water partition coefficient (Wildman–Crippen LogP) is 3.13. The molecule has 2 heterocycles. The highest BCUT2D eigenvalue weighted by Crippen LogP contribution is 2.27. The average Bonchev–Trinajstić information content (AvgIpc) is 3.53. The lowest BCUT2D eigenvalue weighted by molar-refractivity contribution is -0.170. The molecular formula is C29H33FN2O9. The van der Waals surface area contributed by atoms with Crippen LogP contribution in [0.3, 0.4) is 0 Å². The molecule has 41 heavy (non-hydrogen) atoms. The predicted molar refractivity (Wildman–Crippen MR) is 142 cm³/mol. The molecule has 1 saturated heterocycles. The Balaban J connectivity index is 0.000000302. The highest BCUT2D eigenvalue weighted by Gasteiger charge is 2.40. The van der Waals surface area contributed by atoms with Crippen LogP contribution in [-0.2, 0) is 38.6 Å². The Bertz CT molecular complexity index is 1280. The number of ether oxygens (including phenoxy) is 1. The van der Waals surface area contributed by atoms with Gasteiger partial charge in [0.15, 0.2) is 5.60 Å². The van der Waals surface area contributed by atoms with Crippen LogP contribution in [0.1, 0.15) is 35.4 Å². The maximum absolute atomic E-state index is 13.3. The van der Waals surface area contributed by atoms with E-state index in [9.17, 15) is 18.8 Å². The van der Waals surface area contributed by atoms with E-state index in [1.54, 1.807) is 0 Å². The minimum atomic E-state index is -2.74. The van der Waals surface area contributed by atoms with Gasteiger partial charge in [-0.1, -0.05) is 47.6 Å². The zero-order valence-electron chi connectivity index (χ0n) is 22.5. The van der Waals surface area contributed by atoms with Crippen LogP contribution in [0.25, 0.3) is 0 Å². The number of carboxylic acid groups (broad SMARTS) is 3. The van der Waals surface area contributed by atoms with E-state index in [0.29, 0.717) is 19.1 Å². The first-order chi connectivity index (χ1) is 19.4. The van der Waals surface area contributed by atoms with E-state index in [4.69, 9.17) is 29.7 Å². The number of hydrogen-bond acceptors (Lipinski definition) is 8. The molecule has 0 saturated carbocycles. The lowest BCUT2D eigenvalue weighted by Gasteiger charge is -2.32. The molecule has 1 aromatic heterocycles. The SMILES string of the molecule is Cc1cc(C[C@@H]2COC[C@H]2N(Cc2ccccc2)Cc2ccc(F)cc2)on1.O=C(O)CC(O)(CC(=O)O)C(=O)O. The molecule has 0 aliphatic carbocycles. The second-order valence-corrected chi connectivity index (χ2v) is 10.00. The van der Waals surface area contributed by atoms with Crippen molar-refractivity contribution in [3.63, 3.8) is 0 Å². The standard InChI is InChI=1S/C23H25FN2O2.C6H8O7/c1-17-11-22(28-25-17)12-20-15-27-16-23(20)26(13-18-5-3-2-4-6-18)14-19-7-9-21(24)10-8-19;7-3(8)1-6(13,5(11)12)2-4(9)10/h2-11,20,23H,12-16H2,1H3;13H,1-2H2,(H,7,8)(H,9,10)(H,11,12)/t20-,23-;/m1./s1.